The number of carbonyl (C=O) groups is 2. The van der Waals surface area contributed by atoms with Gasteiger partial charge in [-0.1, -0.05) is 26.0 Å². The van der Waals surface area contributed by atoms with E-state index in [1.165, 1.54) is 5.56 Å². The lowest BCUT2D eigenvalue weighted by atomic mass is 10.0. The maximum atomic E-state index is 12.6. The molecule has 5 nitrogen and oxygen atoms in total. The minimum absolute atomic E-state index is 0.0795. The van der Waals surface area contributed by atoms with Gasteiger partial charge in [0.25, 0.3) is 0 Å². The van der Waals surface area contributed by atoms with Crippen molar-refractivity contribution in [1.82, 2.24) is 10.6 Å². The van der Waals surface area contributed by atoms with E-state index in [0.717, 1.165) is 25.1 Å². The Balaban J connectivity index is 1.58. The summed E-state index contributed by atoms with van der Waals surface area (Å²) >= 11 is 0. The molecular weight excluding hydrogens is 302 g/mol. The average Bonchev–Trinajstić information content (AvgIpc) is 3.22. The van der Waals surface area contributed by atoms with E-state index in [0.29, 0.717) is 31.5 Å². The Morgan fingerprint density at radius 2 is 2.04 bits per heavy atom. The van der Waals surface area contributed by atoms with Crippen LogP contribution in [-0.4, -0.2) is 37.5 Å². The quantitative estimate of drug-likeness (QED) is 0.813. The SMILES string of the molecule is CC(C)c1ccc(N2CCC(C(=O)NCC3CCCN3)C2=O)cc1. The summed E-state index contributed by atoms with van der Waals surface area (Å²) in [6.45, 7) is 6.54. The van der Waals surface area contributed by atoms with Crippen molar-refractivity contribution in [2.45, 2.75) is 45.1 Å². The van der Waals surface area contributed by atoms with Crippen LogP contribution in [0, 0.1) is 5.92 Å². The molecule has 1 aromatic rings. The van der Waals surface area contributed by atoms with Gasteiger partial charge >= 0.3 is 0 Å². The third kappa shape index (κ3) is 3.61. The molecule has 0 spiro atoms. The first-order valence-corrected chi connectivity index (χ1v) is 8.98. The van der Waals surface area contributed by atoms with E-state index in [9.17, 15) is 9.59 Å². The summed E-state index contributed by atoms with van der Waals surface area (Å²) in [5, 5.41) is 6.30. The zero-order chi connectivity index (χ0) is 17.1. The molecule has 5 heteroatoms. The molecule has 2 aliphatic heterocycles. The molecule has 2 heterocycles. The van der Waals surface area contributed by atoms with Crippen molar-refractivity contribution in [3.8, 4) is 0 Å². The van der Waals surface area contributed by atoms with Crippen LogP contribution in [0.25, 0.3) is 0 Å². The number of hydrogen-bond donors (Lipinski definition) is 2. The highest BCUT2D eigenvalue weighted by atomic mass is 16.2. The van der Waals surface area contributed by atoms with Crippen molar-refractivity contribution in [3.63, 3.8) is 0 Å². The largest absolute Gasteiger partial charge is 0.354 e. The molecular formula is C19H27N3O2. The zero-order valence-electron chi connectivity index (χ0n) is 14.5. The predicted molar refractivity (Wildman–Crippen MR) is 95.0 cm³/mol. The van der Waals surface area contributed by atoms with Crippen LogP contribution in [0.5, 0.6) is 0 Å². The van der Waals surface area contributed by atoms with Crippen LogP contribution in [0.4, 0.5) is 5.69 Å². The second-order valence-corrected chi connectivity index (χ2v) is 7.12. The Labute approximate surface area is 143 Å². The molecule has 2 fully saturated rings. The maximum Gasteiger partial charge on any atom is 0.239 e. The first-order chi connectivity index (χ1) is 11.6. The van der Waals surface area contributed by atoms with E-state index in [1.54, 1.807) is 4.90 Å². The van der Waals surface area contributed by atoms with Crippen LogP contribution in [0.3, 0.4) is 0 Å². The first kappa shape index (κ1) is 17.0. The second kappa shape index (κ2) is 7.34. The fraction of sp³-hybridized carbons (Fsp3) is 0.579. The van der Waals surface area contributed by atoms with Crippen LogP contribution in [0.15, 0.2) is 24.3 Å². The third-order valence-corrected chi connectivity index (χ3v) is 5.08. The van der Waals surface area contributed by atoms with Crippen molar-refractivity contribution < 1.29 is 9.59 Å². The number of nitrogens with zero attached hydrogens (tertiary/aromatic N) is 1. The Morgan fingerprint density at radius 3 is 2.67 bits per heavy atom. The summed E-state index contributed by atoms with van der Waals surface area (Å²) in [6.07, 6.45) is 2.84. The molecule has 1 aromatic carbocycles. The zero-order valence-corrected chi connectivity index (χ0v) is 14.5. The van der Waals surface area contributed by atoms with Gasteiger partial charge in [-0.15, -0.1) is 0 Å². The fourth-order valence-corrected chi connectivity index (χ4v) is 3.50. The van der Waals surface area contributed by atoms with Crippen LogP contribution in [0.1, 0.15) is 44.6 Å². The second-order valence-electron chi connectivity index (χ2n) is 7.12. The number of benzene rings is 1. The Kier molecular flexibility index (Phi) is 5.19. The lowest BCUT2D eigenvalue weighted by Gasteiger charge is -2.18. The van der Waals surface area contributed by atoms with Gasteiger partial charge in [0.1, 0.15) is 5.92 Å². The van der Waals surface area contributed by atoms with Crippen molar-refractivity contribution in [1.29, 1.82) is 0 Å². The van der Waals surface area contributed by atoms with Gasteiger partial charge in [-0.25, -0.2) is 0 Å². The smallest absolute Gasteiger partial charge is 0.239 e. The van der Waals surface area contributed by atoms with Gasteiger partial charge in [-0.05, 0) is 49.4 Å². The Bertz CT molecular complexity index is 591. The van der Waals surface area contributed by atoms with E-state index >= 15 is 0 Å². The Hall–Kier alpha value is -1.88. The number of amides is 2. The van der Waals surface area contributed by atoms with Crippen molar-refractivity contribution >= 4 is 17.5 Å². The monoisotopic (exact) mass is 329 g/mol. The summed E-state index contributed by atoms with van der Waals surface area (Å²) in [5.41, 5.74) is 2.14. The molecule has 0 bridgehead atoms. The van der Waals surface area contributed by atoms with E-state index in [-0.39, 0.29) is 11.8 Å². The van der Waals surface area contributed by atoms with Gasteiger partial charge in [0.05, 0.1) is 0 Å². The molecule has 2 N–H and O–H groups in total. The van der Waals surface area contributed by atoms with Gasteiger partial charge in [0.2, 0.25) is 11.8 Å². The minimum atomic E-state index is -0.545. The summed E-state index contributed by atoms with van der Waals surface area (Å²) in [6, 6.07) is 8.44. The Morgan fingerprint density at radius 1 is 1.29 bits per heavy atom. The molecule has 2 amide bonds. The predicted octanol–water partition coefficient (Wildman–Crippen LogP) is 2.03. The molecule has 0 aromatic heterocycles. The molecule has 0 radical (unpaired) electrons. The van der Waals surface area contributed by atoms with Crippen molar-refractivity contribution in [3.05, 3.63) is 29.8 Å². The molecule has 2 unspecified atom stereocenters. The van der Waals surface area contributed by atoms with Crippen LogP contribution in [0.2, 0.25) is 0 Å². The lowest BCUT2D eigenvalue weighted by molar-refractivity contribution is -0.132. The minimum Gasteiger partial charge on any atom is -0.354 e. The topological polar surface area (TPSA) is 61.4 Å². The van der Waals surface area contributed by atoms with E-state index in [1.807, 2.05) is 12.1 Å². The highest BCUT2D eigenvalue weighted by Gasteiger charge is 2.37. The number of carbonyl (C=O) groups excluding carboxylic acids is 2. The van der Waals surface area contributed by atoms with Gasteiger partial charge < -0.3 is 15.5 Å². The highest BCUT2D eigenvalue weighted by Crippen LogP contribution is 2.27. The van der Waals surface area contributed by atoms with Crippen LogP contribution < -0.4 is 15.5 Å². The van der Waals surface area contributed by atoms with E-state index in [2.05, 4.69) is 36.6 Å². The number of rotatable bonds is 5. The average molecular weight is 329 g/mol. The molecule has 2 aliphatic rings. The number of anilines is 1. The van der Waals surface area contributed by atoms with E-state index in [4.69, 9.17) is 0 Å². The summed E-state index contributed by atoms with van der Waals surface area (Å²) < 4.78 is 0. The summed E-state index contributed by atoms with van der Waals surface area (Å²) in [5.74, 6) is -0.286. The molecule has 24 heavy (non-hydrogen) atoms. The summed E-state index contributed by atoms with van der Waals surface area (Å²) in [7, 11) is 0. The molecule has 2 saturated heterocycles. The fourth-order valence-electron chi connectivity index (χ4n) is 3.50. The van der Waals surface area contributed by atoms with E-state index < -0.39 is 5.92 Å². The first-order valence-electron chi connectivity index (χ1n) is 8.98. The normalized spacial score (nSPS) is 24.0. The number of hydrogen-bond acceptors (Lipinski definition) is 3. The summed E-state index contributed by atoms with van der Waals surface area (Å²) in [4.78, 5) is 26.7. The van der Waals surface area contributed by atoms with Crippen LogP contribution in [-0.2, 0) is 9.59 Å². The van der Waals surface area contributed by atoms with Crippen molar-refractivity contribution in [2.75, 3.05) is 24.5 Å². The molecule has 0 aliphatic carbocycles. The van der Waals surface area contributed by atoms with Crippen molar-refractivity contribution in [2.24, 2.45) is 5.92 Å². The molecule has 0 saturated carbocycles. The molecule has 3 rings (SSSR count). The standard InChI is InChI=1S/C19H27N3O2/c1-13(2)14-5-7-16(8-6-14)22-11-9-17(19(22)24)18(23)21-12-15-4-3-10-20-15/h5-8,13,15,17,20H,3-4,9-12H2,1-2H3,(H,21,23). The maximum absolute atomic E-state index is 12.6. The molecule has 2 atom stereocenters. The van der Waals surface area contributed by atoms with Crippen LogP contribution >= 0.6 is 0 Å². The third-order valence-electron chi connectivity index (χ3n) is 5.08. The highest BCUT2D eigenvalue weighted by molar-refractivity contribution is 6.09. The van der Waals surface area contributed by atoms with Gasteiger partial charge in [-0.2, -0.15) is 0 Å². The van der Waals surface area contributed by atoms with Gasteiger partial charge in [0.15, 0.2) is 0 Å². The van der Waals surface area contributed by atoms with Gasteiger partial charge in [0, 0.05) is 24.8 Å². The molecule has 130 valence electrons. The van der Waals surface area contributed by atoms with Gasteiger partial charge in [-0.3, -0.25) is 9.59 Å². The lowest BCUT2D eigenvalue weighted by Crippen LogP contribution is -2.42. The number of nitrogens with one attached hydrogen (secondary N) is 2.